The minimum absolute atomic E-state index is 0.0167. The Balaban J connectivity index is 1.45. The fraction of sp³-hybridized carbons (Fsp3) is 0.208. The topological polar surface area (TPSA) is 61.4 Å². The number of hydrogen-bond acceptors (Lipinski definition) is 3. The monoisotopic (exact) mass is 390 g/mol. The summed E-state index contributed by atoms with van der Waals surface area (Å²) < 4.78 is 14.0. The Bertz CT molecular complexity index is 976. The molecule has 0 radical (unpaired) electrons. The Morgan fingerprint density at radius 2 is 1.62 bits per heavy atom. The Morgan fingerprint density at radius 3 is 2.31 bits per heavy atom. The lowest BCUT2D eigenvalue weighted by molar-refractivity contribution is 0.0910. The van der Waals surface area contributed by atoms with Crippen LogP contribution in [-0.2, 0) is 0 Å². The van der Waals surface area contributed by atoms with E-state index in [9.17, 15) is 14.3 Å². The molecule has 1 saturated heterocycles. The van der Waals surface area contributed by atoms with Crippen LogP contribution in [0.5, 0.6) is 0 Å². The third-order valence-electron chi connectivity index (χ3n) is 5.49. The number of carbonyl (C=O) groups is 1. The van der Waals surface area contributed by atoms with Crippen LogP contribution in [0.25, 0.3) is 11.1 Å². The SMILES string of the molecule is O=C(NC[C@H]1N[C@H](CO)[C@@H]1c1ccc(-c2ccccc2F)cc1)c1ccccc1. The molecule has 29 heavy (non-hydrogen) atoms. The summed E-state index contributed by atoms with van der Waals surface area (Å²) in [5.74, 6) is -0.292. The molecule has 1 aliphatic heterocycles. The Hall–Kier alpha value is -3.02. The van der Waals surface area contributed by atoms with Crippen molar-refractivity contribution in [3.8, 4) is 11.1 Å². The molecule has 0 spiro atoms. The standard InChI is InChI=1S/C24H23FN2O2/c25-20-9-5-4-8-19(20)16-10-12-17(13-11-16)23-21(27-22(23)15-28)14-26-24(29)18-6-2-1-3-7-18/h1-13,21-23,27-28H,14-15H2,(H,26,29)/t21-,22-,23-/m1/s1. The fourth-order valence-electron chi connectivity index (χ4n) is 3.94. The second-order valence-electron chi connectivity index (χ2n) is 7.27. The van der Waals surface area contributed by atoms with Crippen LogP contribution < -0.4 is 10.6 Å². The van der Waals surface area contributed by atoms with Crippen LogP contribution in [0.1, 0.15) is 21.8 Å². The molecule has 3 N–H and O–H groups in total. The van der Waals surface area contributed by atoms with Gasteiger partial charge in [0.15, 0.2) is 0 Å². The first-order chi connectivity index (χ1) is 14.2. The number of nitrogens with one attached hydrogen (secondary N) is 2. The third kappa shape index (κ3) is 4.06. The molecular formula is C24H23FN2O2. The maximum Gasteiger partial charge on any atom is 0.251 e. The van der Waals surface area contributed by atoms with Gasteiger partial charge in [-0.15, -0.1) is 0 Å². The molecule has 1 aliphatic rings. The number of halogens is 1. The largest absolute Gasteiger partial charge is 0.395 e. The van der Waals surface area contributed by atoms with Crippen molar-refractivity contribution in [2.75, 3.05) is 13.2 Å². The van der Waals surface area contributed by atoms with E-state index in [0.29, 0.717) is 17.7 Å². The van der Waals surface area contributed by atoms with E-state index < -0.39 is 0 Å². The second-order valence-corrected chi connectivity index (χ2v) is 7.27. The summed E-state index contributed by atoms with van der Waals surface area (Å²) in [6, 6.07) is 23.5. The highest BCUT2D eigenvalue weighted by molar-refractivity contribution is 5.94. The van der Waals surface area contributed by atoms with E-state index in [4.69, 9.17) is 0 Å². The second kappa shape index (κ2) is 8.55. The van der Waals surface area contributed by atoms with Crippen molar-refractivity contribution in [1.29, 1.82) is 0 Å². The molecule has 1 amide bonds. The van der Waals surface area contributed by atoms with E-state index in [1.54, 1.807) is 24.3 Å². The average molecular weight is 390 g/mol. The van der Waals surface area contributed by atoms with Crippen molar-refractivity contribution >= 4 is 5.91 Å². The van der Waals surface area contributed by atoms with Crippen molar-refractivity contribution < 1.29 is 14.3 Å². The normalized spacial score (nSPS) is 20.7. The molecule has 0 bridgehead atoms. The van der Waals surface area contributed by atoms with Crippen LogP contribution in [0.15, 0.2) is 78.9 Å². The maximum absolute atomic E-state index is 14.0. The van der Waals surface area contributed by atoms with Crippen molar-refractivity contribution in [2.24, 2.45) is 0 Å². The molecule has 3 aromatic carbocycles. The van der Waals surface area contributed by atoms with E-state index in [-0.39, 0.29) is 36.3 Å². The lowest BCUT2D eigenvalue weighted by atomic mass is 9.77. The first-order valence-corrected chi connectivity index (χ1v) is 9.72. The number of hydrogen-bond donors (Lipinski definition) is 3. The molecule has 0 saturated carbocycles. The van der Waals surface area contributed by atoms with Gasteiger partial charge in [0.25, 0.3) is 5.91 Å². The summed E-state index contributed by atoms with van der Waals surface area (Å²) in [5.41, 5.74) is 3.06. The maximum atomic E-state index is 14.0. The van der Waals surface area contributed by atoms with Crippen LogP contribution in [0.4, 0.5) is 4.39 Å². The van der Waals surface area contributed by atoms with Crippen LogP contribution in [0, 0.1) is 5.82 Å². The molecule has 148 valence electrons. The van der Waals surface area contributed by atoms with Gasteiger partial charge in [0.2, 0.25) is 0 Å². The van der Waals surface area contributed by atoms with Gasteiger partial charge in [0, 0.05) is 35.7 Å². The van der Waals surface area contributed by atoms with Crippen molar-refractivity contribution in [2.45, 2.75) is 18.0 Å². The van der Waals surface area contributed by atoms with E-state index in [0.717, 1.165) is 11.1 Å². The summed E-state index contributed by atoms with van der Waals surface area (Å²) >= 11 is 0. The average Bonchev–Trinajstić information content (AvgIpc) is 2.75. The zero-order chi connectivity index (χ0) is 20.2. The molecule has 1 heterocycles. The van der Waals surface area contributed by atoms with Crippen molar-refractivity contribution in [3.05, 3.63) is 95.8 Å². The van der Waals surface area contributed by atoms with Crippen LogP contribution in [0.2, 0.25) is 0 Å². The quantitative estimate of drug-likeness (QED) is 0.605. The van der Waals surface area contributed by atoms with Crippen LogP contribution >= 0.6 is 0 Å². The van der Waals surface area contributed by atoms with Gasteiger partial charge in [0.1, 0.15) is 5.82 Å². The van der Waals surface area contributed by atoms with E-state index in [2.05, 4.69) is 10.6 Å². The van der Waals surface area contributed by atoms with Crippen molar-refractivity contribution in [1.82, 2.24) is 10.6 Å². The first-order valence-electron chi connectivity index (χ1n) is 9.72. The zero-order valence-corrected chi connectivity index (χ0v) is 15.9. The van der Waals surface area contributed by atoms with Crippen LogP contribution in [-0.4, -0.2) is 36.2 Å². The highest BCUT2D eigenvalue weighted by Gasteiger charge is 2.40. The number of aliphatic hydroxyl groups excluding tert-OH is 1. The molecule has 1 fully saturated rings. The van der Waals surface area contributed by atoms with Crippen molar-refractivity contribution in [3.63, 3.8) is 0 Å². The molecular weight excluding hydrogens is 367 g/mol. The van der Waals surface area contributed by atoms with Gasteiger partial charge in [-0.25, -0.2) is 4.39 Å². The molecule has 4 rings (SSSR count). The zero-order valence-electron chi connectivity index (χ0n) is 15.9. The van der Waals surface area contributed by atoms with E-state index in [1.807, 2.05) is 48.5 Å². The van der Waals surface area contributed by atoms with E-state index in [1.165, 1.54) is 6.07 Å². The lowest BCUT2D eigenvalue weighted by Gasteiger charge is -2.46. The first kappa shape index (κ1) is 19.3. The van der Waals surface area contributed by atoms with Gasteiger partial charge in [-0.1, -0.05) is 60.7 Å². The Labute approximate surface area is 169 Å². The summed E-state index contributed by atoms with van der Waals surface area (Å²) in [7, 11) is 0. The summed E-state index contributed by atoms with van der Waals surface area (Å²) in [5, 5.41) is 15.9. The summed E-state index contributed by atoms with van der Waals surface area (Å²) in [4.78, 5) is 12.3. The highest BCUT2D eigenvalue weighted by atomic mass is 19.1. The van der Waals surface area contributed by atoms with Gasteiger partial charge in [-0.2, -0.15) is 0 Å². The fourth-order valence-corrected chi connectivity index (χ4v) is 3.94. The smallest absolute Gasteiger partial charge is 0.251 e. The predicted molar refractivity (Wildman–Crippen MR) is 111 cm³/mol. The summed E-state index contributed by atoms with van der Waals surface area (Å²) in [6.45, 7) is 0.479. The minimum Gasteiger partial charge on any atom is -0.395 e. The molecule has 4 nitrogen and oxygen atoms in total. The molecule has 0 unspecified atom stereocenters. The number of carbonyl (C=O) groups excluding carboxylic acids is 1. The Morgan fingerprint density at radius 1 is 0.931 bits per heavy atom. The minimum atomic E-state index is -0.250. The number of aliphatic hydroxyl groups is 1. The molecule has 3 atom stereocenters. The Kier molecular flexibility index (Phi) is 5.69. The lowest BCUT2D eigenvalue weighted by Crippen LogP contribution is -2.64. The number of benzene rings is 3. The highest BCUT2D eigenvalue weighted by Crippen LogP contribution is 2.33. The number of rotatable bonds is 6. The molecule has 5 heteroatoms. The van der Waals surface area contributed by atoms with Gasteiger partial charge < -0.3 is 15.7 Å². The number of amides is 1. The van der Waals surface area contributed by atoms with Crippen LogP contribution in [0.3, 0.4) is 0 Å². The van der Waals surface area contributed by atoms with Gasteiger partial charge >= 0.3 is 0 Å². The van der Waals surface area contributed by atoms with E-state index >= 15 is 0 Å². The van der Waals surface area contributed by atoms with Gasteiger partial charge in [0.05, 0.1) is 6.61 Å². The van der Waals surface area contributed by atoms with Gasteiger partial charge in [-0.3, -0.25) is 4.79 Å². The summed E-state index contributed by atoms with van der Waals surface area (Å²) in [6.07, 6.45) is 0. The molecule has 0 aliphatic carbocycles. The third-order valence-corrected chi connectivity index (χ3v) is 5.49. The molecule has 3 aromatic rings. The predicted octanol–water partition coefficient (Wildman–Crippen LogP) is 3.34. The van der Waals surface area contributed by atoms with Gasteiger partial charge in [-0.05, 0) is 29.3 Å². The molecule has 0 aromatic heterocycles.